The lowest BCUT2D eigenvalue weighted by atomic mass is 9.86. The van der Waals surface area contributed by atoms with E-state index in [-0.39, 0.29) is 0 Å². The molecule has 1 aromatic carbocycles. The predicted octanol–water partition coefficient (Wildman–Crippen LogP) is 3.63. The van der Waals surface area contributed by atoms with Crippen LogP contribution < -0.4 is 0 Å². The maximum atomic E-state index is 13.8. The first-order valence-electron chi connectivity index (χ1n) is 5.84. The van der Waals surface area contributed by atoms with Crippen molar-refractivity contribution < 1.29 is 27.1 Å². The largest absolute Gasteiger partial charge is 0.416 e. The Morgan fingerprint density at radius 1 is 1.00 bits per heavy atom. The van der Waals surface area contributed by atoms with Crippen LogP contribution in [0.3, 0.4) is 0 Å². The normalized spacial score (nSPS) is 14.8. The van der Waals surface area contributed by atoms with Crippen LogP contribution in [-0.2, 0) is 11.8 Å². The van der Waals surface area contributed by atoms with Gasteiger partial charge in [-0.05, 0) is 19.1 Å². The Morgan fingerprint density at radius 3 is 2.29 bits per heavy atom. The number of rotatable bonds is 2. The second kappa shape index (κ2) is 5.07. The van der Waals surface area contributed by atoms with Gasteiger partial charge in [-0.25, -0.2) is 8.78 Å². The summed E-state index contributed by atoms with van der Waals surface area (Å²) in [6.45, 7) is 0.955. The van der Waals surface area contributed by atoms with E-state index >= 15 is 0 Å². The van der Waals surface area contributed by atoms with Crippen LogP contribution in [0.25, 0.3) is 0 Å². The van der Waals surface area contributed by atoms with Gasteiger partial charge in [-0.3, -0.25) is 4.98 Å². The molecule has 112 valence electrons. The summed E-state index contributed by atoms with van der Waals surface area (Å²) in [5.74, 6) is -2.66. The number of alkyl halides is 3. The summed E-state index contributed by atoms with van der Waals surface area (Å²) < 4.78 is 65.9. The highest BCUT2D eigenvalue weighted by Crippen LogP contribution is 2.39. The van der Waals surface area contributed by atoms with Crippen molar-refractivity contribution in [3.05, 3.63) is 65.0 Å². The Morgan fingerprint density at radius 2 is 1.67 bits per heavy atom. The summed E-state index contributed by atoms with van der Waals surface area (Å²) in [5.41, 5.74) is -4.79. The van der Waals surface area contributed by atoms with E-state index in [1.807, 2.05) is 0 Å². The fourth-order valence-corrected chi connectivity index (χ4v) is 2.05. The maximum absolute atomic E-state index is 13.8. The SMILES string of the molecule is CC(O)(c1cnccc1C(F)(F)F)c1cccc(F)c1F. The Bertz CT molecular complexity index is 667. The first-order valence-corrected chi connectivity index (χ1v) is 5.84. The fourth-order valence-electron chi connectivity index (χ4n) is 2.05. The summed E-state index contributed by atoms with van der Waals surface area (Å²) >= 11 is 0. The van der Waals surface area contributed by atoms with Crippen LogP contribution in [0.4, 0.5) is 22.0 Å². The number of aromatic nitrogens is 1. The first-order chi connectivity index (χ1) is 9.65. The van der Waals surface area contributed by atoms with Crippen LogP contribution in [-0.4, -0.2) is 10.1 Å². The molecule has 2 rings (SSSR count). The zero-order valence-electron chi connectivity index (χ0n) is 10.7. The lowest BCUT2D eigenvalue weighted by Gasteiger charge is -2.27. The highest BCUT2D eigenvalue weighted by Gasteiger charge is 2.41. The lowest BCUT2D eigenvalue weighted by Crippen LogP contribution is -2.28. The molecule has 1 N–H and O–H groups in total. The molecule has 0 bridgehead atoms. The average molecular weight is 303 g/mol. The molecule has 1 heterocycles. The second-order valence-electron chi connectivity index (χ2n) is 4.59. The van der Waals surface area contributed by atoms with Crippen molar-refractivity contribution in [2.75, 3.05) is 0 Å². The topological polar surface area (TPSA) is 33.1 Å². The van der Waals surface area contributed by atoms with Gasteiger partial charge in [0, 0.05) is 23.5 Å². The van der Waals surface area contributed by atoms with Crippen LogP contribution in [0.15, 0.2) is 36.7 Å². The molecular weight excluding hydrogens is 293 g/mol. The number of pyridine rings is 1. The highest BCUT2D eigenvalue weighted by molar-refractivity contribution is 5.40. The summed E-state index contributed by atoms with van der Waals surface area (Å²) in [6.07, 6.45) is -3.07. The summed E-state index contributed by atoms with van der Waals surface area (Å²) in [5, 5.41) is 10.4. The number of hydrogen-bond acceptors (Lipinski definition) is 2. The zero-order valence-corrected chi connectivity index (χ0v) is 10.7. The molecule has 1 aromatic heterocycles. The summed E-state index contributed by atoms with van der Waals surface area (Å²) in [4.78, 5) is 3.53. The van der Waals surface area contributed by atoms with Gasteiger partial charge in [0.1, 0.15) is 5.60 Å². The Balaban J connectivity index is 2.68. The number of halogens is 5. The van der Waals surface area contributed by atoms with Gasteiger partial charge in [-0.15, -0.1) is 0 Å². The number of nitrogens with zero attached hydrogens (tertiary/aromatic N) is 1. The molecule has 0 aliphatic heterocycles. The summed E-state index contributed by atoms with van der Waals surface area (Å²) in [7, 11) is 0. The predicted molar refractivity (Wildman–Crippen MR) is 64.3 cm³/mol. The minimum atomic E-state index is -4.76. The molecule has 0 amide bonds. The molecule has 2 nitrogen and oxygen atoms in total. The van der Waals surface area contributed by atoms with Crippen LogP contribution >= 0.6 is 0 Å². The Labute approximate surface area is 116 Å². The molecule has 0 aliphatic rings. The van der Waals surface area contributed by atoms with Crippen molar-refractivity contribution in [1.29, 1.82) is 0 Å². The van der Waals surface area contributed by atoms with Crippen molar-refractivity contribution >= 4 is 0 Å². The third kappa shape index (κ3) is 2.73. The standard InChI is InChI=1S/C14H10F5NO/c1-13(21,9-3-2-4-11(15)12(9)16)10-7-20-6-5-8(10)14(17,18)19/h2-7,21H,1H3. The highest BCUT2D eigenvalue weighted by atomic mass is 19.4. The van der Waals surface area contributed by atoms with Gasteiger partial charge in [0.15, 0.2) is 11.6 Å². The van der Waals surface area contributed by atoms with Gasteiger partial charge >= 0.3 is 6.18 Å². The first kappa shape index (κ1) is 15.4. The van der Waals surface area contributed by atoms with Gasteiger partial charge in [0.05, 0.1) is 5.56 Å². The monoisotopic (exact) mass is 303 g/mol. The minimum Gasteiger partial charge on any atom is -0.381 e. The number of aliphatic hydroxyl groups is 1. The van der Waals surface area contributed by atoms with Crippen LogP contribution in [0, 0.1) is 11.6 Å². The fraction of sp³-hybridized carbons (Fsp3) is 0.214. The number of benzene rings is 1. The van der Waals surface area contributed by atoms with E-state index in [1.54, 1.807) is 0 Å². The van der Waals surface area contributed by atoms with Gasteiger partial charge in [-0.2, -0.15) is 13.2 Å². The smallest absolute Gasteiger partial charge is 0.381 e. The maximum Gasteiger partial charge on any atom is 0.416 e. The zero-order chi connectivity index (χ0) is 15.8. The molecular formula is C14H10F5NO. The average Bonchev–Trinajstić information content (AvgIpc) is 2.41. The Hall–Kier alpha value is -2.02. The minimum absolute atomic E-state index is 0.596. The Kier molecular flexibility index (Phi) is 3.71. The molecule has 0 spiro atoms. The van der Waals surface area contributed by atoms with Gasteiger partial charge in [0.2, 0.25) is 0 Å². The summed E-state index contributed by atoms with van der Waals surface area (Å²) in [6, 6.07) is 3.60. The van der Waals surface area contributed by atoms with Crippen molar-refractivity contribution in [3.63, 3.8) is 0 Å². The molecule has 0 radical (unpaired) electrons. The number of hydrogen-bond donors (Lipinski definition) is 1. The van der Waals surface area contributed by atoms with Crippen molar-refractivity contribution in [1.82, 2.24) is 4.98 Å². The van der Waals surface area contributed by atoms with E-state index in [0.29, 0.717) is 6.07 Å². The molecule has 21 heavy (non-hydrogen) atoms. The molecule has 0 fully saturated rings. The van der Waals surface area contributed by atoms with Gasteiger partial charge in [-0.1, -0.05) is 12.1 Å². The molecule has 1 atom stereocenters. The van der Waals surface area contributed by atoms with E-state index in [0.717, 1.165) is 37.5 Å². The molecule has 2 aromatic rings. The lowest BCUT2D eigenvalue weighted by molar-refractivity contribution is -0.140. The molecule has 0 saturated heterocycles. The third-order valence-corrected chi connectivity index (χ3v) is 3.13. The third-order valence-electron chi connectivity index (χ3n) is 3.13. The second-order valence-corrected chi connectivity index (χ2v) is 4.59. The molecule has 0 aliphatic carbocycles. The van der Waals surface area contributed by atoms with E-state index in [2.05, 4.69) is 4.98 Å². The van der Waals surface area contributed by atoms with Gasteiger partial charge < -0.3 is 5.11 Å². The quantitative estimate of drug-likeness (QED) is 0.859. The van der Waals surface area contributed by atoms with E-state index in [1.165, 1.54) is 0 Å². The van der Waals surface area contributed by atoms with Gasteiger partial charge in [0.25, 0.3) is 0 Å². The van der Waals surface area contributed by atoms with Crippen molar-refractivity contribution in [2.24, 2.45) is 0 Å². The van der Waals surface area contributed by atoms with E-state index < -0.39 is 40.1 Å². The van der Waals surface area contributed by atoms with Crippen LogP contribution in [0.1, 0.15) is 23.6 Å². The van der Waals surface area contributed by atoms with E-state index in [9.17, 15) is 27.1 Å². The van der Waals surface area contributed by atoms with E-state index in [4.69, 9.17) is 0 Å². The van der Waals surface area contributed by atoms with Crippen molar-refractivity contribution in [3.8, 4) is 0 Å². The molecule has 1 unspecified atom stereocenters. The molecule has 7 heteroatoms. The van der Waals surface area contributed by atoms with Crippen LogP contribution in [0.2, 0.25) is 0 Å². The van der Waals surface area contributed by atoms with Crippen molar-refractivity contribution in [2.45, 2.75) is 18.7 Å². The molecule has 0 saturated carbocycles. The van der Waals surface area contributed by atoms with Crippen LogP contribution in [0.5, 0.6) is 0 Å².